The smallest absolute Gasteiger partial charge is 0.0684 e. The predicted molar refractivity (Wildman–Crippen MR) is 63.7 cm³/mol. The molecule has 2 nitrogen and oxygen atoms in total. The molecular formula is C12H11BrN2. The predicted octanol–water partition coefficient (Wildman–Crippen LogP) is 3.33. The summed E-state index contributed by atoms with van der Waals surface area (Å²) in [6, 6.07) is 6.47. The van der Waals surface area contributed by atoms with Gasteiger partial charge < -0.3 is 0 Å². The third-order valence-corrected chi connectivity index (χ3v) is 3.44. The monoisotopic (exact) mass is 262 g/mol. The number of hydrogen-bond donors (Lipinski definition) is 1. The van der Waals surface area contributed by atoms with Gasteiger partial charge in [0.25, 0.3) is 0 Å². The minimum absolute atomic E-state index is 1.12. The Labute approximate surface area is 96.8 Å². The van der Waals surface area contributed by atoms with E-state index in [1.807, 2.05) is 6.20 Å². The van der Waals surface area contributed by atoms with Crippen LogP contribution in [-0.2, 0) is 12.8 Å². The molecule has 0 saturated carbocycles. The highest BCUT2D eigenvalue weighted by molar-refractivity contribution is 9.10. The molecule has 0 fully saturated rings. The summed E-state index contributed by atoms with van der Waals surface area (Å²) in [4.78, 5) is 0. The number of aryl methyl sites for hydroxylation is 2. The van der Waals surface area contributed by atoms with Gasteiger partial charge in [0.1, 0.15) is 0 Å². The van der Waals surface area contributed by atoms with Crippen molar-refractivity contribution in [1.29, 1.82) is 0 Å². The maximum absolute atomic E-state index is 4.13. The van der Waals surface area contributed by atoms with Crippen molar-refractivity contribution < 1.29 is 0 Å². The van der Waals surface area contributed by atoms with Crippen LogP contribution in [0, 0.1) is 0 Å². The molecular weight excluding hydrogens is 252 g/mol. The van der Waals surface area contributed by atoms with Gasteiger partial charge in [0.2, 0.25) is 0 Å². The molecule has 1 heterocycles. The summed E-state index contributed by atoms with van der Waals surface area (Å²) < 4.78 is 1.16. The van der Waals surface area contributed by atoms with E-state index in [4.69, 9.17) is 0 Å². The summed E-state index contributed by atoms with van der Waals surface area (Å²) in [6.45, 7) is 0. The van der Waals surface area contributed by atoms with Crippen molar-refractivity contribution in [3.63, 3.8) is 0 Å². The second kappa shape index (κ2) is 3.49. The third kappa shape index (κ3) is 1.51. The normalized spacial score (nSPS) is 14.2. The molecule has 0 unspecified atom stereocenters. The fourth-order valence-corrected chi connectivity index (χ4v) is 2.62. The number of aromatic nitrogens is 2. The van der Waals surface area contributed by atoms with E-state index in [0.717, 1.165) is 17.3 Å². The number of rotatable bonds is 0. The fraction of sp³-hybridized carbons (Fsp3) is 0.250. The van der Waals surface area contributed by atoms with Gasteiger partial charge in [-0.2, -0.15) is 5.10 Å². The minimum Gasteiger partial charge on any atom is -0.278 e. The van der Waals surface area contributed by atoms with Crippen LogP contribution >= 0.6 is 15.9 Å². The molecule has 1 aliphatic carbocycles. The summed E-state index contributed by atoms with van der Waals surface area (Å²) in [7, 11) is 0. The molecule has 0 amide bonds. The molecule has 3 rings (SSSR count). The Morgan fingerprint density at radius 2 is 2.07 bits per heavy atom. The second-order valence-corrected chi connectivity index (χ2v) is 4.84. The van der Waals surface area contributed by atoms with Crippen LogP contribution in [0.5, 0.6) is 0 Å². The molecule has 0 saturated heterocycles. The van der Waals surface area contributed by atoms with Crippen molar-refractivity contribution in [2.45, 2.75) is 19.3 Å². The van der Waals surface area contributed by atoms with Crippen LogP contribution in [-0.4, -0.2) is 10.2 Å². The summed E-state index contributed by atoms with van der Waals surface area (Å²) in [5.74, 6) is 0. The maximum Gasteiger partial charge on any atom is 0.0684 e. The third-order valence-electron chi connectivity index (χ3n) is 2.95. The number of aromatic amines is 1. The van der Waals surface area contributed by atoms with Crippen LogP contribution in [0.1, 0.15) is 17.5 Å². The van der Waals surface area contributed by atoms with Crippen LogP contribution in [0.4, 0.5) is 0 Å². The van der Waals surface area contributed by atoms with Crippen LogP contribution in [0.15, 0.2) is 28.9 Å². The molecule has 2 aromatic rings. The van der Waals surface area contributed by atoms with Crippen molar-refractivity contribution in [2.24, 2.45) is 0 Å². The molecule has 1 N–H and O–H groups in total. The number of nitrogens with one attached hydrogen (secondary N) is 1. The zero-order chi connectivity index (χ0) is 10.3. The van der Waals surface area contributed by atoms with Gasteiger partial charge in [-0.05, 0) is 42.5 Å². The van der Waals surface area contributed by atoms with E-state index in [2.05, 4.69) is 44.3 Å². The summed E-state index contributed by atoms with van der Waals surface area (Å²) in [5.41, 5.74) is 5.27. The Hall–Kier alpha value is -1.09. The SMILES string of the molecule is Brc1ccc2c(c1)CCCc1cn[nH]c1-2. The first-order valence-electron chi connectivity index (χ1n) is 5.15. The lowest BCUT2D eigenvalue weighted by Crippen LogP contribution is -1.88. The molecule has 1 aliphatic rings. The van der Waals surface area contributed by atoms with Crippen molar-refractivity contribution in [3.05, 3.63) is 40.0 Å². The first-order valence-corrected chi connectivity index (χ1v) is 5.95. The highest BCUT2D eigenvalue weighted by Crippen LogP contribution is 2.32. The molecule has 15 heavy (non-hydrogen) atoms. The summed E-state index contributed by atoms with van der Waals surface area (Å²) in [6.07, 6.45) is 5.43. The fourth-order valence-electron chi connectivity index (χ4n) is 2.22. The lowest BCUT2D eigenvalue weighted by molar-refractivity contribution is 0.833. The van der Waals surface area contributed by atoms with Crippen molar-refractivity contribution in [2.75, 3.05) is 0 Å². The van der Waals surface area contributed by atoms with Gasteiger partial charge in [-0.3, -0.25) is 5.10 Å². The lowest BCUT2D eigenvalue weighted by Gasteiger charge is -2.05. The topological polar surface area (TPSA) is 28.7 Å². The number of nitrogens with zero attached hydrogens (tertiary/aromatic N) is 1. The van der Waals surface area contributed by atoms with Gasteiger partial charge >= 0.3 is 0 Å². The number of halogens is 1. The van der Waals surface area contributed by atoms with E-state index in [9.17, 15) is 0 Å². The van der Waals surface area contributed by atoms with Gasteiger partial charge in [0.05, 0.1) is 11.9 Å². The zero-order valence-electron chi connectivity index (χ0n) is 8.26. The van der Waals surface area contributed by atoms with Crippen LogP contribution in [0.25, 0.3) is 11.3 Å². The Morgan fingerprint density at radius 3 is 3.00 bits per heavy atom. The summed E-state index contributed by atoms with van der Waals surface area (Å²) in [5, 5.41) is 7.24. The average molecular weight is 263 g/mol. The Balaban J connectivity index is 2.25. The Kier molecular flexibility index (Phi) is 2.13. The van der Waals surface area contributed by atoms with E-state index in [1.54, 1.807) is 0 Å². The number of hydrogen-bond acceptors (Lipinski definition) is 1. The second-order valence-electron chi connectivity index (χ2n) is 3.93. The van der Waals surface area contributed by atoms with E-state index in [0.29, 0.717) is 0 Å². The highest BCUT2D eigenvalue weighted by atomic mass is 79.9. The largest absolute Gasteiger partial charge is 0.278 e. The number of fused-ring (bicyclic) bond motifs is 3. The minimum atomic E-state index is 1.12. The Bertz CT molecular complexity index is 502. The summed E-state index contributed by atoms with van der Waals surface area (Å²) >= 11 is 3.52. The van der Waals surface area contributed by atoms with Crippen LogP contribution < -0.4 is 0 Å². The molecule has 0 bridgehead atoms. The van der Waals surface area contributed by atoms with E-state index in [1.165, 1.54) is 28.8 Å². The maximum atomic E-state index is 4.13. The zero-order valence-corrected chi connectivity index (χ0v) is 9.84. The molecule has 1 aromatic carbocycles. The highest BCUT2D eigenvalue weighted by Gasteiger charge is 2.15. The first-order chi connectivity index (χ1) is 7.34. The molecule has 76 valence electrons. The molecule has 0 spiro atoms. The molecule has 0 atom stereocenters. The average Bonchev–Trinajstić information content (AvgIpc) is 2.61. The van der Waals surface area contributed by atoms with Gasteiger partial charge in [0.15, 0.2) is 0 Å². The lowest BCUT2D eigenvalue weighted by atomic mass is 10.0. The van der Waals surface area contributed by atoms with Gasteiger partial charge in [-0.25, -0.2) is 0 Å². The quantitative estimate of drug-likeness (QED) is 0.776. The standard InChI is InChI=1S/C12H11BrN2/c13-10-4-5-11-8(6-10)2-1-3-9-7-14-15-12(9)11/h4-7H,1-3H2,(H,14,15). The molecule has 3 heteroatoms. The van der Waals surface area contributed by atoms with E-state index >= 15 is 0 Å². The number of benzene rings is 1. The number of H-pyrrole nitrogens is 1. The van der Waals surface area contributed by atoms with Crippen LogP contribution in [0.3, 0.4) is 0 Å². The van der Waals surface area contributed by atoms with Gasteiger partial charge in [-0.1, -0.05) is 22.0 Å². The van der Waals surface area contributed by atoms with Gasteiger partial charge in [0, 0.05) is 10.0 Å². The molecule has 0 aliphatic heterocycles. The van der Waals surface area contributed by atoms with Gasteiger partial charge in [-0.15, -0.1) is 0 Å². The Morgan fingerprint density at radius 1 is 1.20 bits per heavy atom. The molecule has 0 radical (unpaired) electrons. The van der Waals surface area contributed by atoms with E-state index in [-0.39, 0.29) is 0 Å². The van der Waals surface area contributed by atoms with Crippen molar-refractivity contribution in [3.8, 4) is 11.3 Å². The van der Waals surface area contributed by atoms with Crippen molar-refractivity contribution in [1.82, 2.24) is 10.2 Å². The first kappa shape index (κ1) is 9.16. The van der Waals surface area contributed by atoms with E-state index < -0.39 is 0 Å². The van der Waals surface area contributed by atoms with Crippen LogP contribution in [0.2, 0.25) is 0 Å². The van der Waals surface area contributed by atoms with Crippen molar-refractivity contribution >= 4 is 15.9 Å². The molecule has 1 aromatic heterocycles.